The highest BCUT2D eigenvalue weighted by molar-refractivity contribution is 7.90. The van der Waals surface area contributed by atoms with E-state index in [1.807, 2.05) is 0 Å². The summed E-state index contributed by atoms with van der Waals surface area (Å²) in [6.07, 6.45) is -5.56. The number of hydrogen-bond donors (Lipinski definition) is 2. The number of rotatable bonds is 8. The van der Waals surface area contributed by atoms with Crippen LogP contribution in [0.25, 0.3) is 0 Å². The number of nitrogens with one attached hydrogen (secondary N) is 2. The quantitative estimate of drug-likeness (QED) is 0.414. The zero-order chi connectivity index (χ0) is 28.6. The molecule has 37 heavy (non-hydrogen) atoms. The molecule has 0 saturated carbocycles. The number of halogens is 8. The minimum atomic E-state index is -6.51. The van der Waals surface area contributed by atoms with E-state index in [2.05, 4.69) is 10.6 Å². The molecule has 0 aliphatic heterocycles. The van der Waals surface area contributed by atoms with Gasteiger partial charge in [-0.25, -0.2) is 8.42 Å². The van der Waals surface area contributed by atoms with Crippen molar-refractivity contribution >= 4 is 38.9 Å². The minimum Gasteiger partial charge on any atom is -0.348 e. The highest BCUT2D eigenvalue weighted by Gasteiger charge is 2.73. The van der Waals surface area contributed by atoms with Gasteiger partial charge in [0.25, 0.3) is 11.8 Å². The molecule has 0 heterocycles. The second kappa shape index (κ2) is 10.5. The Bertz CT molecular complexity index is 1310. The van der Waals surface area contributed by atoms with Gasteiger partial charge in [-0.1, -0.05) is 23.7 Å². The van der Waals surface area contributed by atoms with Crippen molar-refractivity contribution in [2.75, 3.05) is 17.3 Å². The molecule has 0 aliphatic carbocycles. The maximum atomic E-state index is 14.0. The molecule has 2 aromatic rings. The Morgan fingerprint density at radius 1 is 1.00 bits per heavy atom. The van der Waals surface area contributed by atoms with E-state index in [1.165, 1.54) is 25.1 Å². The summed E-state index contributed by atoms with van der Waals surface area (Å²) in [4.78, 5) is 25.6. The number of alkyl halides is 7. The first-order chi connectivity index (χ1) is 16.7. The molecule has 0 bridgehead atoms. The van der Waals surface area contributed by atoms with Crippen LogP contribution in [0.3, 0.4) is 0 Å². The van der Waals surface area contributed by atoms with E-state index in [4.69, 9.17) is 11.6 Å². The van der Waals surface area contributed by atoms with E-state index in [9.17, 15) is 48.7 Å². The number of amides is 2. The number of anilines is 1. The number of aryl methyl sites for hydroxylation is 1. The molecule has 2 rings (SSSR count). The summed E-state index contributed by atoms with van der Waals surface area (Å²) in [5.41, 5.74) is -2.79. The summed E-state index contributed by atoms with van der Waals surface area (Å²) in [6.45, 7) is 2.48. The lowest BCUT2D eigenvalue weighted by atomic mass is 9.98. The second-order valence-corrected chi connectivity index (χ2v) is 10.9. The van der Waals surface area contributed by atoms with Crippen LogP contribution in [0, 0.1) is 6.92 Å². The van der Waals surface area contributed by atoms with Crippen LogP contribution >= 0.6 is 11.6 Å². The van der Waals surface area contributed by atoms with Crippen molar-refractivity contribution < 1.29 is 48.7 Å². The monoisotopic (exact) mass is 576 g/mol. The molecule has 0 spiro atoms. The van der Waals surface area contributed by atoms with Gasteiger partial charge < -0.3 is 10.6 Å². The molecule has 0 radical (unpaired) electrons. The molecule has 6 nitrogen and oxygen atoms in total. The Labute approximate surface area is 212 Å². The Morgan fingerprint density at radius 2 is 1.59 bits per heavy atom. The molecule has 204 valence electrons. The van der Waals surface area contributed by atoms with E-state index in [0.717, 1.165) is 13.2 Å². The summed E-state index contributed by atoms with van der Waals surface area (Å²) < 4.78 is 115. The van der Waals surface area contributed by atoms with Gasteiger partial charge in [0.2, 0.25) is 0 Å². The zero-order valence-corrected chi connectivity index (χ0v) is 20.9. The van der Waals surface area contributed by atoms with Crippen molar-refractivity contribution in [3.63, 3.8) is 0 Å². The smallest absolute Gasteiger partial charge is 0.348 e. The van der Waals surface area contributed by atoms with Gasteiger partial charge >= 0.3 is 18.0 Å². The standard InChI is InChI=1S/C22H20ClF7N2O4S/c1-11-9-13(20(24,25)21(26,27)22(28,29)30)7-8-16(11)32-18(33)14-5-4-6-15(23)17(14)19(34)31-12(2)10-37(3,35)36/h4-9,12H,10H2,1-3H3,(H,31,34)(H,32,33). The lowest BCUT2D eigenvalue weighted by Gasteiger charge is -2.28. The number of carbonyl (C=O) groups is 2. The largest absolute Gasteiger partial charge is 0.460 e. The van der Waals surface area contributed by atoms with Gasteiger partial charge in [-0.15, -0.1) is 0 Å². The maximum Gasteiger partial charge on any atom is 0.460 e. The molecule has 2 amide bonds. The SMILES string of the molecule is Cc1cc(C(F)(F)C(F)(F)C(F)(F)F)ccc1NC(=O)c1cccc(Cl)c1C(=O)NC(C)CS(C)(=O)=O. The van der Waals surface area contributed by atoms with E-state index < -0.39 is 57.0 Å². The molecule has 0 saturated heterocycles. The molecule has 15 heteroatoms. The van der Waals surface area contributed by atoms with Gasteiger partial charge in [-0.2, -0.15) is 30.7 Å². The minimum absolute atomic E-state index is 0.183. The third-order valence-electron chi connectivity index (χ3n) is 5.00. The average Bonchev–Trinajstić information content (AvgIpc) is 2.72. The Hall–Kier alpha value is -2.87. The Kier molecular flexibility index (Phi) is 8.60. The van der Waals surface area contributed by atoms with Crippen molar-refractivity contribution in [1.82, 2.24) is 5.32 Å². The van der Waals surface area contributed by atoms with Crippen molar-refractivity contribution in [2.45, 2.75) is 37.9 Å². The first-order valence-electron chi connectivity index (χ1n) is 10.2. The predicted octanol–water partition coefficient (Wildman–Crippen LogP) is 5.35. The fraction of sp³-hybridized carbons (Fsp3) is 0.364. The molecule has 1 atom stereocenters. The van der Waals surface area contributed by atoms with E-state index in [1.54, 1.807) is 0 Å². The van der Waals surface area contributed by atoms with Gasteiger partial charge in [-0.3, -0.25) is 9.59 Å². The van der Waals surface area contributed by atoms with Crippen LogP contribution in [0.2, 0.25) is 5.02 Å². The Morgan fingerprint density at radius 3 is 2.11 bits per heavy atom. The number of hydrogen-bond acceptors (Lipinski definition) is 4. The zero-order valence-electron chi connectivity index (χ0n) is 19.3. The summed E-state index contributed by atoms with van der Waals surface area (Å²) in [5, 5.41) is 4.46. The number of sulfone groups is 1. The normalized spacial score (nSPS) is 13.7. The van der Waals surface area contributed by atoms with Crippen LogP contribution in [0.4, 0.5) is 36.4 Å². The Balaban J connectivity index is 2.36. The van der Waals surface area contributed by atoms with E-state index >= 15 is 0 Å². The molecule has 0 fully saturated rings. The molecular weight excluding hydrogens is 557 g/mol. The van der Waals surface area contributed by atoms with Crippen molar-refractivity contribution in [2.24, 2.45) is 0 Å². The van der Waals surface area contributed by atoms with Crippen molar-refractivity contribution in [3.8, 4) is 0 Å². The summed E-state index contributed by atoms with van der Waals surface area (Å²) in [6, 6.07) is 4.29. The topological polar surface area (TPSA) is 92.3 Å². The van der Waals surface area contributed by atoms with Crippen LogP contribution in [-0.4, -0.2) is 50.4 Å². The number of carbonyl (C=O) groups excluding carboxylic acids is 2. The molecule has 0 aliphatic rings. The fourth-order valence-electron chi connectivity index (χ4n) is 3.28. The summed E-state index contributed by atoms with van der Waals surface area (Å²) in [7, 11) is -3.45. The highest BCUT2D eigenvalue weighted by atomic mass is 35.5. The van der Waals surface area contributed by atoms with Gasteiger partial charge in [-0.05, 0) is 43.7 Å². The van der Waals surface area contributed by atoms with Gasteiger partial charge in [0.1, 0.15) is 9.84 Å². The summed E-state index contributed by atoms with van der Waals surface area (Å²) in [5.74, 6) is -14.2. The average molecular weight is 577 g/mol. The van der Waals surface area contributed by atoms with Crippen LogP contribution in [0.1, 0.15) is 38.8 Å². The van der Waals surface area contributed by atoms with Crippen LogP contribution < -0.4 is 10.6 Å². The fourth-order valence-corrected chi connectivity index (χ4v) is 4.54. The van der Waals surface area contributed by atoms with Crippen molar-refractivity contribution in [1.29, 1.82) is 0 Å². The molecule has 2 N–H and O–H groups in total. The predicted molar refractivity (Wildman–Crippen MR) is 122 cm³/mol. The van der Waals surface area contributed by atoms with Crippen LogP contribution in [0.5, 0.6) is 0 Å². The maximum absolute atomic E-state index is 14.0. The first-order valence-corrected chi connectivity index (χ1v) is 12.6. The lowest BCUT2D eigenvalue weighted by Crippen LogP contribution is -2.50. The van der Waals surface area contributed by atoms with Crippen LogP contribution in [-0.2, 0) is 15.8 Å². The van der Waals surface area contributed by atoms with Gasteiger partial charge in [0, 0.05) is 23.5 Å². The third kappa shape index (κ3) is 6.72. The van der Waals surface area contributed by atoms with Gasteiger partial charge in [0.15, 0.2) is 0 Å². The first kappa shape index (κ1) is 30.4. The molecule has 0 aromatic heterocycles. The van der Waals surface area contributed by atoms with E-state index in [0.29, 0.717) is 18.2 Å². The number of benzene rings is 2. The van der Waals surface area contributed by atoms with Crippen molar-refractivity contribution in [3.05, 3.63) is 63.7 Å². The highest BCUT2D eigenvalue weighted by Crippen LogP contribution is 2.52. The van der Waals surface area contributed by atoms with E-state index in [-0.39, 0.29) is 27.4 Å². The van der Waals surface area contributed by atoms with Crippen LogP contribution in [0.15, 0.2) is 36.4 Å². The second-order valence-electron chi connectivity index (χ2n) is 8.26. The van der Waals surface area contributed by atoms with Gasteiger partial charge in [0.05, 0.1) is 21.9 Å². The lowest BCUT2D eigenvalue weighted by molar-refractivity contribution is -0.359. The molecule has 1 unspecified atom stereocenters. The summed E-state index contributed by atoms with van der Waals surface area (Å²) >= 11 is 6.06. The molecule has 2 aromatic carbocycles. The third-order valence-corrected chi connectivity index (χ3v) is 6.42. The molecular formula is C22H20ClF7N2O4S.